The van der Waals surface area contributed by atoms with E-state index in [0.29, 0.717) is 10.3 Å². The number of aromatic nitrogens is 2. The van der Waals surface area contributed by atoms with Gasteiger partial charge in [0.1, 0.15) is 10.2 Å². The van der Waals surface area contributed by atoms with Crippen molar-refractivity contribution in [2.45, 2.75) is 20.0 Å². The summed E-state index contributed by atoms with van der Waals surface area (Å²) in [6.07, 6.45) is 4.50. The minimum absolute atomic E-state index is 0.0604. The zero-order chi connectivity index (χ0) is 20.0. The Hall–Kier alpha value is -2.86. The number of halogens is 2. The Labute approximate surface area is 162 Å². The largest absolute Gasteiger partial charge is 0.479 e. The van der Waals surface area contributed by atoms with Gasteiger partial charge in [-0.1, -0.05) is 5.92 Å². The maximum Gasteiger partial charge on any atom is 0.335 e. The molecule has 1 atom stereocenters. The summed E-state index contributed by atoms with van der Waals surface area (Å²) in [7, 11) is 1.47. The number of amides is 1. The first-order valence-electron chi connectivity index (χ1n) is 7.92. The molecule has 2 heterocycles. The SMILES string of the molecule is C#CCN1C(=O)C(C)Oc2cc(F)c(-n3c(=O)c(Br)c(C)n(C)c3=O)cc21. The van der Waals surface area contributed by atoms with Gasteiger partial charge in [0.05, 0.1) is 17.9 Å². The van der Waals surface area contributed by atoms with Crippen LogP contribution in [0.15, 0.2) is 26.2 Å². The lowest BCUT2D eigenvalue weighted by molar-refractivity contribution is -0.125. The Morgan fingerprint density at radius 1 is 1.30 bits per heavy atom. The Bertz CT molecular complexity index is 1090. The van der Waals surface area contributed by atoms with Crippen LogP contribution >= 0.6 is 15.9 Å². The molecule has 0 bridgehead atoms. The predicted octanol–water partition coefficient (Wildman–Crippen LogP) is 1.49. The van der Waals surface area contributed by atoms with E-state index in [2.05, 4.69) is 21.9 Å². The second-order valence-corrected chi connectivity index (χ2v) is 6.83. The normalized spacial score (nSPS) is 15.9. The summed E-state index contributed by atoms with van der Waals surface area (Å²) in [4.78, 5) is 38.8. The van der Waals surface area contributed by atoms with Crippen molar-refractivity contribution in [2.75, 3.05) is 11.4 Å². The summed E-state index contributed by atoms with van der Waals surface area (Å²) in [5, 5.41) is 0. The first-order valence-corrected chi connectivity index (χ1v) is 8.71. The van der Waals surface area contributed by atoms with E-state index in [4.69, 9.17) is 11.2 Å². The maximum atomic E-state index is 14.8. The van der Waals surface area contributed by atoms with Gasteiger partial charge in [-0.25, -0.2) is 13.8 Å². The molecule has 0 saturated carbocycles. The van der Waals surface area contributed by atoms with Crippen molar-refractivity contribution in [3.05, 3.63) is 49.0 Å². The van der Waals surface area contributed by atoms with Crippen LogP contribution in [-0.2, 0) is 11.8 Å². The van der Waals surface area contributed by atoms with E-state index in [1.807, 2.05) is 0 Å². The van der Waals surface area contributed by atoms with Gasteiger partial charge in [0.2, 0.25) is 0 Å². The summed E-state index contributed by atoms with van der Waals surface area (Å²) < 4.78 is 22.3. The molecule has 0 N–H and O–H groups in total. The number of ether oxygens (including phenoxy) is 1. The topological polar surface area (TPSA) is 73.5 Å². The van der Waals surface area contributed by atoms with E-state index in [0.717, 1.165) is 6.07 Å². The predicted molar refractivity (Wildman–Crippen MR) is 101 cm³/mol. The van der Waals surface area contributed by atoms with Crippen LogP contribution in [0.4, 0.5) is 10.1 Å². The Balaban J connectivity index is 2.34. The summed E-state index contributed by atoms with van der Waals surface area (Å²) >= 11 is 3.13. The molecule has 2 aromatic rings. The van der Waals surface area contributed by atoms with Crippen LogP contribution in [0.25, 0.3) is 5.69 Å². The number of carbonyl (C=O) groups is 1. The van der Waals surface area contributed by atoms with E-state index in [9.17, 15) is 18.8 Å². The number of carbonyl (C=O) groups excluding carboxylic acids is 1. The van der Waals surface area contributed by atoms with Crippen molar-refractivity contribution < 1.29 is 13.9 Å². The van der Waals surface area contributed by atoms with Gasteiger partial charge in [-0.05, 0) is 35.8 Å². The van der Waals surface area contributed by atoms with Crippen LogP contribution in [0.2, 0.25) is 0 Å². The highest BCUT2D eigenvalue weighted by Gasteiger charge is 2.33. The fraction of sp³-hybridized carbons (Fsp3) is 0.278. The molecule has 0 fully saturated rings. The van der Waals surface area contributed by atoms with Crippen molar-refractivity contribution in [3.63, 3.8) is 0 Å². The van der Waals surface area contributed by atoms with Gasteiger partial charge < -0.3 is 4.74 Å². The van der Waals surface area contributed by atoms with Crippen molar-refractivity contribution in [2.24, 2.45) is 7.05 Å². The van der Waals surface area contributed by atoms with E-state index in [-0.39, 0.29) is 28.1 Å². The monoisotopic (exact) mass is 435 g/mol. The maximum absolute atomic E-state index is 14.8. The standard InChI is InChI=1S/C18H15BrFN3O4/c1-5-6-22-13-8-12(11(20)7-14(13)27-10(3)16(22)24)23-17(25)15(19)9(2)21(4)18(23)26/h1,7-8,10H,6H2,2-4H3. The van der Waals surface area contributed by atoms with Crippen LogP contribution in [0, 0.1) is 25.1 Å². The van der Waals surface area contributed by atoms with Gasteiger partial charge in [-0.15, -0.1) is 6.42 Å². The number of nitrogens with zero attached hydrogens (tertiary/aromatic N) is 3. The van der Waals surface area contributed by atoms with Crippen molar-refractivity contribution in [1.29, 1.82) is 0 Å². The van der Waals surface area contributed by atoms with Gasteiger partial charge in [0.15, 0.2) is 11.9 Å². The molecule has 3 rings (SSSR count). The third-order valence-corrected chi connectivity index (χ3v) is 5.33. The van der Waals surface area contributed by atoms with Crippen molar-refractivity contribution in [3.8, 4) is 23.8 Å². The molecular formula is C18H15BrFN3O4. The van der Waals surface area contributed by atoms with Gasteiger partial charge >= 0.3 is 5.69 Å². The number of terminal acetylenes is 1. The van der Waals surface area contributed by atoms with Crippen LogP contribution in [-0.4, -0.2) is 27.7 Å². The molecule has 1 aliphatic heterocycles. The molecule has 0 radical (unpaired) electrons. The molecular weight excluding hydrogens is 421 g/mol. The van der Waals surface area contributed by atoms with E-state index < -0.39 is 29.1 Å². The Morgan fingerprint density at radius 2 is 1.96 bits per heavy atom. The highest BCUT2D eigenvalue weighted by atomic mass is 79.9. The molecule has 1 aromatic heterocycles. The van der Waals surface area contributed by atoms with E-state index in [1.54, 1.807) is 6.92 Å². The molecule has 0 aliphatic carbocycles. The molecule has 27 heavy (non-hydrogen) atoms. The van der Waals surface area contributed by atoms with Gasteiger partial charge in [-0.3, -0.25) is 19.1 Å². The van der Waals surface area contributed by atoms with Crippen molar-refractivity contribution in [1.82, 2.24) is 9.13 Å². The highest BCUT2D eigenvalue weighted by Crippen LogP contribution is 2.36. The van der Waals surface area contributed by atoms with E-state index in [1.165, 1.54) is 29.5 Å². The number of rotatable bonds is 2. The third-order valence-electron chi connectivity index (χ3n) is 4.42. The molecule has 140 valence electrons. The third kappa shape index (κ3) is 2.86. The highest BCUT2D eigenvalue weighted by molar-refractivity contribution is 9.10. The smallest absolute Gasteiger partial charge is 0.335 e. The Morgan fingerprint density at radius 3 is 2.59 bits per heavy atom. The van der Waals surface area contributed by atoms with E-state index >= 15 is 0 Å². The minimum Gasteiger partial charge on any atom is -0.479 e. The molecule has 9 heteroatoms. The minimum atomic E-state index is -0.842. The molecule has 7 nitrogen and oxygen atoms in total. The first-order chi connectivity index (χ1) is 12.7. The molecule has 1 aromatic carbocycles. The number of hydrogen-bond acceptors (Lipinski definition) is 4. The average molecular weight is 436 g/mol. The molecule has 1 amide bonds. The zero-order valence-electron chi connectivity index (χ0n) is 14.7. The molecule has 0 spiro atoms. The van der Waals surface area contributed by atoms with Gasteiger partial charge in [-0.2, -0.15) is 0 Å². The van der Waals surface area contributed by atoms with Crippen LogP contribution in [0.5, 0.6) is 5.75 Å². The second-order valence-electron chi connectivity index (χ2n) is 6.04. The number of benzene rings is 1. The lowest BCUT2D eigenvalue weighted by Gasteiger charge is -2.32. The quantitative estimate of drug-likeness (QED) is 0.669. The summed E-state index contributed by atoms with van der Waals surface area (Å²) in [5.41, 5.74) is -1.14. The van der Waals surface area contributed by atoms with Crippen LogP contribution < -0.4 is 20.9 Å². The van der Waals surface area contributed by atoms with Crippen LogP contribution in [0.3, 0.4) is 0 Å². The first kappa shape index (κ1) is 18.9. The summed E-state index contributed by atoms with van der Waals surface area (Å²) in [6, 6.07) is 2.26. The van der Waals surface area contributed by atoms with Gasteiger partial charge in [0.25, 0.3) is 11.5 Å². The lowest BCUT2D eigenvalue weighted by Crippen LogP contribution is -2.45. The summed E-state index contributed by atoms with van der Waals surface area (Å²) in [6.45, 7) is 3.05. The molecule has 1 unspecified atom stereocenters. The zero-order valence-corrected chi connectivity index (χ0v) is 16.3. The number of fused-ring (bicyclic) bond motifs is 1. The number of anilines is 1. The summed E-state index contributed by atoms with van der Waals surface area (Å²) in [5.74, 6) is 1.23. The molecule has 0 saturated heterocycles. The fourth-order valence-electron chi connectivity index (χ4n) is 2.84. The van der Waals surface area contributed by atoms with Gasteiger partial charge in [0, 0.05) is 18.8 Å². The number of hydrogen-bond donors (Lipinski definition) is 0. The lowest BCUT2D eigenvalue weighted by atomic mass is 10.1. The molecule has 1 aliphatic rings. The average Bonchev–Trinajstić information content (AvgIpc) is 2.63. The second kappa shape index (κ2) is 6.70. The van der Waals surface area contributed by atoms with Crippen molar-refractivity contribution >= 4 is 27.5 Å². The van der Waals surface area contributed by atoms with Crippen LogP contribution in [0.1, 0.15) is 12.6 Å². The Kier molecular flexibility index (Phi) is 4.70. The fourth-order valence-corrected chi connectivity index (χ4v) is 3.28.